The van der Waals surface area contributed by atoms with E-state index >= 15 is 0 Å². The van der Waals surface area contributed by atoms with Crippen LogP contribution >= 0.6 is 11.8 Å². The molecule has 0 aliphatic carbocycles. The van der Waals surface area contributed by atoms with Crippen molar-refractivity contribution in [2.45, 2.75) is 25.0 Å². The zero-order valence-corrected chi connectivity index (χ0v) is 13.0. The second-order valence-electron chi connectivity index (χ2n) is 4.71. The molecule has 0 saturated carbocycles. The number of aromatic nitrogens is 4. The minimum absolute atomic E-state index is 0.0475. The van der Waals surface area contributed by atoms with Gasteiger partial charge in [-0.1, -0.05) is 11.8 Å². The van der Waals surface area contributed by atoms with E-state index in [2.05, 4.69) is 14.7 Å². The van der Waals surface area contributed by atoms with Crippen LogP contribution in [0, 0.1) is 0 Å². The monoisotopic (exact) mass is 312 g/mol. The highest BCUT2D eigenvalue weighted by Gasteiger charge is 2.20. The molecule has 0 spiro atoms. The molecule has 2 aromatic heterocycles. The number of thioether (sulfide) groups is 1. The number of methoxy groups -OCH3 is 1. The van der Waals surface area contributed by atoms with Crippen LogP contribution in [-0.4, -0.2) is 37.9 Å². The minimum Gasteiger partial charge on any atom is -0.468 e. The van der Waals surface area contributed by atoms with Crippen LogP contribution in [0.25, 0.3) is 11.2 Å². The molecule has 21 heavy (non-hydrogen) atoms. The van der Waals surface area contributed by atoms with Gasteiger partial charge in [0.2, 0.25) is 0 Å². The first-order valence-electron chi connectivity index (χ1n) is 6.27. The molecule has 0 saturated heterocycles. The van der Waals surface area contributed by atoms with Crippen molar-refractivity contribution in [3.8, 4) is 0 Å². The molecular weight excluding hydrogens is 296 g/mol. The van der Waals surface area contributed by atoms with Crippen molar-refractivity contribution in [3.63, 3.8) is 0 Å². The number of ether oxygens (including phenoxy) is 1. The third-order valence-electron chi connectivity index (χ3n) is 2.98. The van der Waals surface area contributed by atoms with Crippen molar-refractivity contribution in [1.82, 2.24) is 19.1 Å². The molecule has 0 unspecified atom stereocenters. The lowest BCUT2D eigenvalue weighted by Gasteiger charge is -2.11. The van der Waals surface area contributed by atoms with Crippen LogP contribution in [0.2, 0.25) is 0 Å². The van der Waals surface area contributed by atoms with Crippen LogP contribution in [0.4, 0.5) is 0 Å². The van der Waals surface area contributed by atoms with E-state index in [1.807, 2.05) is 13.8 Å². The second kappa shape index (κ2) is 5.76. The predicted molar refractivity (Wildman–Crippen MR) is 78.7 cm³/mol. The Bertz CT molecular complexity index is 802. The minimum atomic E-state index is -0.523. The van der Waals surface area contributed by atoms with Gasteiger partial charge in [0.05, 0.1) is 12.9 Å². The highest BCUT2D eigenvalue weighted by atomic mass is 32.2. The lowest BCUT2D eigenvalue weighted by atomic mass is 10.4. The Morgan fingerprint density at radius 2 is 2.10 bits per heavy atom. The number of imidazole rings is 1. The summed E-state index contributed by atoms with van der Waals surface area (Å²) in [7, 11) is 2.84. The van der Waals surface area contributed by atoms with E-state index in [4.69, 9.17) is 0 Å². The molecule has 2 heterocycles. The smallest absolute Gasteiger partial charge is 0.329 e. The number of hydrogen-bond donors (Lipinski definition) is 1. The Morgan fingerprint density at radius 3 is 2.67 bits per heavy atom. The van der Waals surface area contributed by atoms with Crippen molar-refractivity contribution in [2.75, 3.05) is 12.9 Å². The van der Waals surface area contributed by atoms with E-state index in [9.17, 15) is 14.4 Å². The van der Waals surface area contributed by atoms with Gasteiger partial charge in [-0.15, -0.1) is 0 Å². The molecule has 0 radical (unpaired) electrons. The third kappa shape index (κ3) is 2.73. The number of aromatic amines is 1. The lowest BCUT2D eigenvalue weighted by molar-refractivity contribution is -0.137. The molecule has 0 amide bonds. The number of carbonyl (C=O) groups excluding carboxylic acids is 1. The predicted octanol–water partition coefficient (Wildman–Crippen LogP) is 0.269. The maximum Gasteiger partial charge on any atom is 0.329 e. The summed E-state index contributed by atoms with van der Waals surface area (Å²) in [5.74, 6) is -0.302. The molecule has 114 valence electrons. The quantitative estimate of drug-likeness (QED) is 0.642. The lowest BCUT2D eigenvalue weighted by Crippen LogP contribution is -2.29. The topological polar surface area (TPSA) is 99.0 Å². The maximum atomic E-state index is 12.1. The molecule has 2 rings (SSSR count). The molecule has 9 heteroatoms. The Morgan fingerprint density at radius 1 is 1.43 bits per heavy atom. The Kier molecular flexibility index (Phi) is 4.21. The Hall–Kier alpha value is -2.03. The SMILES string of the molecule is COC(=O)CSc1nc2c(c(=O)[nH]c(=O)n2C)n1C(C)C. The number of carbonyl (C=O) groups is 1. The van der Waals surface area contributed by atoms with Crippen LogP contribution in [0.3, 0.4) is 0 Å². The third-order valence-corrected chi connectivity index (χ3v) is 3.91. The summed E-state index contributed by atoms with van der Waals surface area (Å²) < 4.78 is 7.58. The summed E-state index contributed by atoms with van der Waals surface area (Å²) in [5.41, 5.74) is -0.395. The van der Waals surface area contributed by atoms with Gasteiger partial charge >= 0.3 is 11.7 Å². The van der Waals surface area contributed by atoms with Crippen LogP contribution in [0.5, 0.6) is 0 Å². The van der Waals surface area contributed by atoms with Gasteiger partial charge in [0, 0.05) is 13.1 Å². The molecule has 0 aliphatic rings. The summed E-state index contributed by atoms with van der Waals surface area (Å²) in [6, 6.07) is -0.0475. The second-order valence-corrected chi connectivity index (χ2v) is 5.66. The van der Waals surface area contributed by atoms with Gasteiger partial charge in [0.1, 0.15) is 0 Å². The molecule has 0 fully saturated rings. The van der Waals surface area contributed by atoms with Crippen molar-refractivity contribution in [2.24, 2.45) is 7.05 Å². The summed E-state index contributed by atoms with van der Waals surface area (Å²) in [6.45, 7) is 3.79. The number of esters is 1. The van der Waals surface area contributed by atoms with Gasteiger partial charge in [0.15, 0.2) is 16.3 Å². The number of H-pyrrole nitrogens is 1. The first-order chi connectivity index (χ1) is 9.86. The first-order valence-corrected chi connectivity index (χ1v) is 7.26. The number of rotatable bonds is 4. The van der Waals surface area contributed by atoms with Crippen LogP contribution in [0.1, 0.15) is 19.9 Å². The zero-order valence-electron chi connectivity index (χ0n) is 12.2. The van der Waals surface area contributed by atoms with Crippen LogP contribution in [0.15, 0.2) is 14.7 Å². The van der Waals surface area contributed by atoms with Gasteiger partial charge in [-0.05, 0) is 13.8 Å². The van der Waals surface area contributed by atoms with E-state index < -0.39 is 11.2 Å². The van der Waals surface area contributed by atoms with E-state index in [-0.39, 0.29) is 17.8 Å². The highest BCUT2D eigenvalue weighted by Crippen LogP contribution is 2.25. The standard InChI is InChI=1S/C12H16N4O4S/c1-6(2)16-8-9(15(3)11(19)14-10(8)18)13-12(16)21-5-7(17)20-4/h6H,5H2,1-4H3,(H,14,18,19). The molecule has 0 atom stereocenters. The van der Waals surface area contributed by atoms with Crippen molar-refractivity contribution in [1.29, 1.82) is 0 Å². The van der Waals surface area contributed by atoms with Gasteiger partial charge in [-0.3, -0.25) is 19.1 Å². The van der Waals surface area contributed by atoms with Gasteiger partial charge in [-0.2, -0.15) is 0 Å². The normalized spacial score (nSPS) is 11.3. The van der Waals surface area contributed by atoms with Crippen molar-refractivity contribution >= 4 is 28.9 Å². The molecule has 1 N–H and O–H groups in total. The fraction of sp³-hybridized carbons (Fsp3) is 0.500. The number of nitrogens with zero attached hydrogens (tertiary/aromatic N) is 3. The maximum absolute atomic E-state index is 12.1. The van der Waals surface area contributed by atoms with E-state index in [0.717, 1.165) is 0 Å². The van der Waals surface area contributed by atoms with Crippen molar-refractivity contribution < 1.29 is 9.53 Å². The molecule has 2 aromatic rings. The molecule has 0 aliphatic heterocycles. The highest BCUT2D eigenvalue weighted by molar-refractivity contribution is 7.99. The fourth-order valence-electron chi connectivity index (χ4n) is 1.95. The van der Waals surface area contributed by atoms with Gasteiger partial charge in [-0.25, -0.2) is 9.78 Å². The summed E-state index contributed by atoms with van der Waals surface area (Å²) in [6.07, 6.45) is 0. The van der Waals surface area contributed by atoms with Gasteiger partial charge in [0.25, 0.3) is 5.56 Å². The summed E-state index contributed by atoms with van der Waals surface area (Å²) in [5, 5.41) is 0.497. The summed E-state index contributed by atoms with van der Waals surface area (Å²) in [4.78, 5) is 41.5. The molecule has 0 bridgehead atoms. The molecular formula is C12H16N4O4S. The van der Waals surface area contributed by atoms with Gasteiger partial charge < -0.3 is 9.30 Å². The average molecular weight is 312 g/mol. The fourth-order valence-corrected chi connectivity index (χ4v) is 2.90. The molecule has 8 nitrogen and oxygen atoms in total. The zero-order chi connectivity index (χ0) is 15.7. The average Bonchev–Trinajstić information content (AvgIpc) is 2.82. The van der Waals surface area contributed by atoms with Crippen LogP contribution < -0.4 is 11.2 Å². The first kappa shape index (κ1) is 15.4. The molecule has 0 aromatic carbocycles. The number of aryl methyl sites for hydroxylation is 1. The summed E-state index contributed by atoms with van der Waals surface area (Å²) >= 11 is 1.17. The largest absolute Gasteiger partial charge is 0.468 e. The Balaban J connectivity index is 2.66. The van der Waals surface area contributed by atoms with E-state index in [1.54, 1.807) is 4.57 Å². The number of nitrogens with one attached hydrogen (secondary N) is 1. The number of hydrogen-bond acceptors (Lipinski definition) is 6. The van der Waals surface area contributed by atoms with Crippen LogP contribution in [-0.2, 0) is 16.6 Å². The van der Waals surface area contributed by atoms with E-state index in [1.165, 1.54) is 30.5 Å². The van der Waals surface area contributed by atoms with E-state index in [0.29, 0.717) is 16.3 Å². The Labute approximate surface area is 124 Å². The number of fused-ring (bicyclic) bond motifs is 1. The van der Waals surface area contributed by atoms with Crippen molar-refractivity contribution in [3.05, 3.63) is 20.8 Å².